The fraction of sp³-hybridized carbons (Fsp3) is 0.571. The van der Waals surface area contributed by atoms with Crippen molar-refractivity contribution in [1.82, 2.24) is 41.8 Å². The third kappa shape index (κ3) is 9.41. The normalized spacial score (nSPS) is 29.6. The Morgan fingerprint density at radius 1 is 0.821 bits per heavy atom. The molecule has 20 nitrogen and oxygen atoms in total. The van der Waals surface area contributed by atoms with Crippen LogP contribution >= 0.6 is 11.8 Å². The maximum absolute atomic E-state index is 14.3. The van der Waals surface area contributed by atoms with Gasteiger partial charge >= 0.3 is 0 Å². The monoisotopic (exact) mass is 804 g/mol. The molecule has 0 unspecified atom stereocenters. The van der Waals surface area contributed by atoms with E-state index in [-0.39, 0.29) is 25.1 Å². The molecule has 0 spiro atoms. The van der Waals surface area contributed by atoms with Crippen molar-refractivity contribution in [3.63, 3.8) is 0 Å². The molecule has 9 atom stereocenters. The van der Waals surface area contributed by atoms with Crippen LogP contribution in [0.3, 0.4) is 0 Å². The number of thioether (sulfide) groups is 1. The molecule has 1 fully saturated rings. The Labute approximate surface area is 324 Å². The van der Waals surface area contributed by atoms with Crippen LogP contribution in [0.4, 0.5) is 0 Å². The molecule has 4 heterocycles. The zero-order valence-corrected chi connectivity index (χ0v) is 31.7. The largest absolute Gasteiger partial charge is 0.393 e. The minimum Gasteiger partial charge on any atom is -0.393 e. The van der Waals surface area contributed by atoms with Crippen LogP contribution in [0, 0.1) is 0 Å². The third-order valence-corrected chi connectivity index (χ3v) is 11.2. The number of amides is 7. The van der Waals surface area contributed by atoms with Crippen LogP contribution in [0.25, 0.3) is 10.9 Å². The second-order valence-corrected chi connectivity index (χ2v) is 15.5. The SMILES string of the molecule is C[C@@H]1NC(=O)[C@H](CC(O)(CO)CO)NC(=O)[C@@H]2Cc3c([nH]c4ccccc34)SC[C@H](NC(=O)[C@@H]([C@H](C)O)NC1=O)C(=O)N1C[C@@H](O)C[C@H]1C(=O)N[C@@H](C)C(=O)N2. The summed E-state index contributed by atoms with van der Waals surface area (Å²) in [5.41, 5.74) is -1.21. The summed E-state index contributed by atoms with van der Waals surface area (Å²) in [4.78, 5) is 101. The molecule has 0 radical (unpaired) electrons. The number of carbonyl (C=O) groups excluding carboxylic acids is 7. The molecule has 3 aliphatic rings. The van der Waals surface area contributed by atoms with Crippen LogP contribution in [0.5, 0.6) is 0 Å². The van der Waals surface area contributed by atoms with Gasteiger partial charge in [0.05, 0.1) is 30.4 Å². The number of fused-ring (bicyclic) bond motifs is 5. The molecule has 21 heteroatoms. The van der Waals surface area contributed by atoms with Crippen LogP contribution in [0.15, 0.2) is 29.3 Å². The molecule has 0 aliphatic carbocycles. The number of aromatic amines is 1. The molecule has 5 rings (SSSR count). The number of H-pyrrole nitrogens is 1. The average molecular weight is 805 g/mol. The van der Waals surface area contributed by atoms with E-state index in [1.54, 1.807) is 24.3 Å². The van der Waals surface area contributed by atoms with Crippen molar-refractivity contribution in [3.8, 4) is 0 Å². The van der Waals surface area contributed by atoms with E-state index in [9.17, 15) is 59.1 Å². The van der Waals surface area contributed by atoms with E-state index < -0.39 is 121 Å². The number of carbonyl (C=O) groups is 7. The third-order valence-electron chi connectivity index (χ3n) is 10.1. The summed E-state index contributed by atoms with van der Waals surface area (Å²) in [6, 6.07) is -3.33. The Kier molecular flexibility index (Phi) is 13.3. The van der Waals surface area contributed by atoms with Gasteiger partial charge < -0.3 is 67.3 Å². The Bertz CT molecular complexity index is 1850. The lowest BCUT2D eigenvalue weighted by molar-refractivity contribution is -0.142. The van der Waals surface area contributed by atoms with Gasteiger partial charge in [0, 0.05) is 42.5 Å². The van der Waals surface area contributed by atoms with Gasteiger partial charge in [-0.05, 0) is 32.4 Å². The lowest BCUT2D eigenvalue weighted by atomic mass is 9.95. The molecule has 0 saturated carbocycles. The molecule has 2 aromatic rings. The molecule has 1 aromatic carbocycles. The number of aliphatic hydroxyl groups is 5. The van der Waals surface area contributed by atoms with Gasteiger partial charge in [-0.2, -0.15) is 0 Å². The van der Waals surface area contributed by atoms with E-state index in [1.807, 2.05) is 0 Å². The van der Waals surface area contributed by atoms with Crippen LogP contribution in [-0.2, 0) is 40.0 Å². The van der Waals surface area contributed by atoms with Crippen molar-refractivity contribution in [3.05, 3.63) is 29.8 Å². The van der Waals surface area contributed by atoms with Crippen molar-refractivity contribution < 1.29 is 59.1 Å². The van der Waals surface area contributed by atoms with Crippen LogP contribution in [0.2, 0.25) is 0 Å². The minimum absolute atomic E-state index is 0.194. The first kappa shape index (κ1) is 42.3. The standard InChI is InChI=1S/C35H48N8O12S/c1-15-27(48)38-22-9-20-19-6-4-5-7-21(19)41-33(20)56-12-24(34(54)43-11-18(47)8-25(43)31(52)37-15)40-32(53)26(17(3)46)42-28(49)16(2)36-30(51)23(39-29(22)50)10-35(55,13-44)14-45/h4-7,15-18,22-26,41,44-47,55H,8-14H2,1-3H3,(H,36,51)(H,37,52)(H,38,48)(H,39,50)(H,40,53)(H,42,49)/t15-,16-,17-,18-,22-,23-,24-,25-,26+/m0/s1. The second kappa shape index (κ2) is 17.6. The fourth-order valence-electron chi connectivity index (χ4n) is 6.80. The summed E-state index contributed by atoms with van der Waals surface area (Å²) in [6.07, 6.45) is -3.87. The maximum atomic E-state index is 14.3. The first-order chi connectivity index (χ1) is 26.4. The molecule has 3 aliphatic heterocycles. The van der Waals surface area contributed by atoms with Crippen molar-refractivity contribution >= 4 is 64.0 Å². The smallest absolute Gasteiger partial charge is 0.246 e. The van der Waals surface area contributed by atoms with Gasteiger partial charge in [0.2, 0.25) is 41.4 Å². The van der Waals surface area contributed by atoms with Crippen molar-refractivity contribution in [2.24, 2.45) is 0 Å². The minimum atomic E-state index is -2.30. The van der Waals surface area contributed by atoms with Crippen LogP contribution < -0.4 is 31.9 Å². The lowest BCUT2D eigenvalue weighted by Crippen LogP contribution is -2.62. The number of nitrogens with one attached hydrogen (secondary N) is 7. The van der Waals surface area contributed by atoms with Gasteiger partial charge in [0.25, 0.3) is 0 Å². The molecule has 56 heavy (non-hydrogen) atoms. The Morgan fingerprint density at radius 3 is 2.11 bits per heavy atom. The van der Waals surface area contributed by atoms with Gasteiger partial charge in [-0.25, -0.2) is 0 Å². The summed E-state index contributed by atoms with van der Waals surface area (Å²) < 4.78 is 0. The molecule has 1 saturated heterocycles. The Balaban J connectivity index is 1.69. The molecule has 7 amide bonds. The fourth-order valence-corrected chi connectivity index (χ4v) is 7.91. The first-order valence-corrected chi connectivity index (χ1v) is 19.1. The highest BCUT2D eigenvalue weighted by molar-refractivity contribution is 7.99. The zero-order valence-electron chi connectivity index (χ0n) is 30.9. The topological polar surface area (TPSA) is 312 Å². The van der Waals surface area contributed by atoms with Gasteiger partial charge in [-0.15, -0.1) is 11.8 Å². The lowest BCUT2D eigenvalue weighted by Gasteiger charge is -2.31. The number of aromatic nitrogens is 1. The van der Waals surface area contributed by atoms with E-state index in [0.29, 0.717) is 21.5 Å². The molecule has 306 valence electrons. The van der Waals surface area contributed by atoms with Gasteiger partial charge in [0.15, 0.2) is 0 Å². The summed E-state index contributed by atoms with van der Waals surface area (Å²) in [5, 5.41) is 67.8. The van der Waals surface area contributed by atoms with E-state index in [1.165, 1.54) is 20.8 Å². The van der Waals surface area contributed by atoms with E-state index in [4.69, 9.17) is 0 Å². The molecule has 2 bridgehead atoms. The number of rotatable bonds is 5. The molecule has 12 N–H and O–H groups in total. The highest BCUT2D eigenvalue weighted by atomic mass is 32.2. The summed E-state index contributed by atoms with van der Waals surface area (Å²) in [5.74, 6) is -6.60. The number of hydrogen-bond acceptors (Lipinski definition) is 13. The predicted molar refractivity (Wildman–Crippen MR) is 197 cm³/mol. The first-order valence-electron chi connectivity index (χ1n) is 18.1. The number of para-hydroxylation sites is 1. The van der Waals surface area contributed by atoms with Crippen LogP contribution in [-0.4, -0.2) is 162 Å². The Morgan fingerprint density at radius 2 is 1.45 bits per heavy atom. The van der Waals surface area contributed by atoms with Gasteiger partial charge in [-0.3, -0.25) is 33.6 Å². The zero-order chi connectivity index (χ0) is 41.1. The Hall–Kier alpha value is -4.80. The maximum Gasteiger partial charge on any atom is 0.246 e. The number of nitrogens with zero attached hydrogens (tertiary/aromatic N) is 1. The van der Waals surface area contributed by atoms with Crippen LogP contribution in [0.1, 0.15) is 39.2 Å². The second-order valence-electron chi connectivity index (χ2n) is 14.5. The molecular formula is C35H48N8O12S. The average Bonchev–Trinajstić information content (AvgIpc) is 3.73. The highest BCUT2D eigenvalue weighted by Gasteiger charge is 2.44. The number of aliphatic hydroxyl groups excluding tert-OH is 4. The summed E-state index contributed by atoms with van der Waals surface area (Å²) in [6.45, 7) is 1.43. The quantitative estimate of drug-likeness (QED) is 0.135. The highest BCUT2D eigenvalue weighted by Crippen LogP contribution is 2.32. The summed E-state index contributed by atoms with van der Waals surface area (Å²) in [7, 11) is 0. The van der Waals surface area contributed by atoms with Gasteiger partial charge in [0.1, 0.15) is 47.9 Å². The van der Waals surface area contributed by atoms with E-state index >= 15 is 0 Å². The van der Waals surface area contributed by atoms with E-state index in [2.05, 4.69) is 36.9 Å². The van der Waals surface area contributed by atoms with Crippen molar-refractivity contribution in [2.45, 2.75) is 105 Å². The van der Waals surface area contributed by atoms with Crippen molar-refractivity contribution in [1.29, 1.82) is 0 Å². The number of benzene rings is 1. The summed E-state index contributed by atoms with van der Waals surface area (Å²) >= 11 is 1.06. The number of hydrogen-bond donors (Lipinski definition) is 12. The molecular weight excluding hydrogens is 756 g/mol. The predicted octanol–water partition coefficient (Wildman–Crippen LogP) is -4.77. The van der Waals surface area contributed by atoms with Crippen molar-refractivity contribution in [2.75, 3.05) is 25.5 Å². The van der Waals surface area contributed by atoms with E-state index in [0.717, 1.165) is 16.7 Å². The molecule has 1 aromatic heterocycles. The van der Waals surface area contributed by atoms with Gasteiger partial charge in [-0.1, -0.05) is 18.2 Å².